The maximum atomic E-state index is 12.0. The number of hydrogen-bond donors (Lipinski definition) is 3. The maximum absolute atomic E-state index is 12.0. The van der Waals surface area contributed by atoms with Crippen molar-refractivity contribution in [3.05, 3.63) is 47.5 Å². The summed E-state index contributed by atoms with van der Waals surface area (Å²) in [6.07, 6.45) is 0. The van der Waals surface area contributed by atoms with Gasteiger partial charge in [0, 0.05) is 23.8 Å². The Balaban J connectivity index is 2.03. The first kappa shape index (κ1) is 15.0. The van der Waals surface area contributed by atoms with E-state index in [4.69, 9.17) is 17.3 Å². The molecular weight excluding hydrogens is 290 g/mol. The zero-order valence-electron chi connectivity index (χ0n) is 11.5. The number of amides is 1. The van der Waals surface area contributed by atoms with Gasteiger partial charge >= 0.3 is 0 Å². The van der Waals surface area contributed by atoms with Crippen molar-refractivity contribution < 1.29 is 9.90 Å². The number of nitrogens with one attached hydrogen (secondary N) is 1. The molecule has 0 atom stereocenters. The molecule has 6 heteroatoms. The summed E-state index contributed by atoms with van der Waals surface area (Å²) in [6, 6.07) is 11.6. The molecule has 110 valence electrons. The molecule has 1 amide bonds. The molecule has 2 aromatic carbocycles. The third-order valence-electron chi connectivity index (χ3n) is 2.94. The highest BCUT2D eigenvalue weighted by molar-refractivity contribution is 6.31. The molecule has 21 heavy (non-hydrogen) atoms. The fraction of sp³-hybridized carbons (Fsp3) is 0.133. The Morgan fingerprint density at radius 1 is 1.33 bits per heavy atom. The van der Waals surface area contributed by atoms with Gasteiger partial charge in [0.25, 0.3) is 0 Å². The van der Waals surface area contributed by atoms with Crippen LogP contribution in [0.2, 0.25) is 5.02 Å². The topological polar surface area (TPSA) is 78.6 Å². The molecular formula is C15H16ClN3O2. The summed E-state index contributed by atoms with van der Waals surface area (Å²) in [7, 11) is 1.76. The number of phenolic OH excluding ortho intramolecular Hbond substituents is 1. The van der Waals surface area contributed by atoms with Crippen molar-refractivity contribution in [3.63, 3.8) is 0 Å². The van der Waals surface area contributed by atoms with Crippen LogP contribution in [-0.4, -0.2) is 24.6 Å². The highest BCUT2D eigenvalue weighted by Crippen LogP contribution is 2.23. The van der Waals surface area contributed by atoms with E-state index in [0.717, 1.165) is 5.69 Å². The van der Waals surface area contributed by atoms with E-state index in [-0.39, 0.29) is 18.2 Å². The summed E-state index contributed by atoms with van der Waals surface area (Å²) in [5.74, 6) is -0.0753. The van der Waals surface area contributed by atoms with E-state index in [1.54, 1.807) is 54.4 Å². The first-order valence-electron chi connectivity index (χ1n) is 6.31. The van der Waals surface area contributed by atoms with Crippen LogP contribution < -0.4 is 16.0 Å². The molecule has 0 aromatic heterocycles. The molecule has 0 bridgehead atoms. The molecule has 2 rings (SSSR count). The van der Waals surface area contributed by atoms with Crippen molar-refractivity contribution >= 4 is 34.6 Å². The number of anilines is 3. The molecule has 2 aromatic rings. The van der Waals surface area contributed by atoms with Gasteiger partial charge in [0.15, 0.2) is 0 Å². The molecule has 0 unspecified atom stereocenters. The standard InChI is InChI=1S/C15H16ClN3O2/c1-19(11-3-2-4-12(20)8-11)9-15(21)18-14-7-10(16)5-6-13(14)17/h2-8,20H,9,17H2,1H3,(H,18,21). The van der Waals surface area contributed by atoms with Crippen molar-refractivity contribution in [1.82, 2.24) is 0 Å². The molecule has 0 aliphatic rings. The molecule has 0 spiro atoms. The average Bonchev–Trinajstić information content (AvgIpc) is 2.42. The van der Waals surface area contributed by atoms with E-state index in [0.29, 0.717) is 16.4 Å². The average molecular weight is 306 g/mol. The maximum Gasteiger partial charge on any atom is 0.243 e. The van der Waals surface area contributed by atoms with Gasteiger partial charge in [-0.05, 0) is 30.3 Å². The Labute approximate surface area is 127 Å². The molecule has 5 nitrogen and oxygen atoms in total. The van der Waals surface area contributed by atoms with Crippen LogP contribution in [0, 0.1) is 0 Å². The second-order valence-corrected chi connectivity index (χ2v) is 5.09. The highest BCUT2D eigenvalue weighted by atomic mass is 35.5. The number of nitrogens with two attached hydrogens (primary N) is 1. The summed E-state index contributed by atoms with van der Waals surface area (Å²) < 4.78 is 0. The minimum Gasteiger partial charge on any atom is -0.508 e. The monoisotopic (exact) mass is 305 g/mol. The van der Waals surface area contributed by atoms with E-state index < -0.39 is 0 Å². The Bertz CT molecular complexity index is 661. The third kappa shape index (κ3) is 4.03. The molecule has 0 aliphatic heterocycles. The lowest BCUT2D eigenvalue weighted by molar-refractivity contribution is -0.114. The van der Waals surface area contributed by atoms with Gasteiger partial charge in [-0.25, -0.2) is 0 Å². The summed E-state index contributed by atoms with van der Waals surface area (Å²) in [4.78, 5) is 13.7. The van der Waals surface area contributed by atoms with Crippen LogP contribution in [0.1, 0.15) is 0 Å². The van der Waals surface area contributed by atoms with Gasteiger partial charge in [0.05, 0.1) is 17.9 Å². The zero-order valence-corrected chi connectivity index (χ0v) is 12.3. The van der Waals surface area contributed by atoms with Crippen LogP contribution in [0.15, 0.2) is 42.5 Å². The number of halogens is 1. The zero-order chi connectivity index (χ0) is 15.4. The van der Waals surface area contributed by atoms with Gasteiger partial charge in [0.2, 0.25) is 5.91 Å². The molecule has 0 fully saturated rings. The van der Waals surface area contributed by atoms with Gasteiger partial charge in [-0.1, -0.05) is 17.7 Å². The Morgan fingerprint density at radius 3 is 2.81 bits per heavy atom. The van der Waals surface area contributed by atoms with Gasteiger partial charge in [-0.3, -0.25) is 4.79 Å². The molecule has 0 aliphatic carbocycles. The quantitative estimate of drug-likeness (QED) is 0.759. The number of carbonyl (C=O) groups is 1. The number of phenols is 1. The van der Waals surface area contributed by atoms with Crippen LogP contribution in [0.3, 0.4) is 0 Å². The minimum atomic E-state index is -0.227. The number of benzene rings is 2. The van der Waals surface area contributed by atoms with Gasteiger partial charge in [-0.15, -0.1) is 0 Å². The van der Waals surface area contributed by atoms with Crippen molar-refractivity contribution in [3.8, 4) is 5.75 Å². The van der Waals surface area contributed by atoms with E-state index >= 15 is 0 Å². The molecule has 0 saturated carbocycles. The van der Waals surface area contributed by atoms with Gasteiger partial charge in [0.1, 0.15) is 5.75 Å². The van der Waals surface area contributed by atoms with Crippen LogP contribution in [0.25, 0.3) is 0 Å². The predicted octanol–water partition coefficient (Wildman–Crippen LogP) is 2.70. The van der Waals surface area contributed by atoms with E-state index in [2.05, 4.69) is 5.32 Å². The SMILES string of the molecule is CN(CC(=O)Nc1cc(Cl)ccc1N)c1cccc(O)c1. The number of nitrogen functional groups attached to an aromatic ring is 1. The molecule has 0 heterocycles. The Morgan fingerprint density at radius 2 is 2.10 bits per heavy atom. The van der Waals surface area contributed by atoms with E-state index in [1.165, 1.54) is 0 Å². The number of aromatic hydroxyl groups is 1. The van der Waals surface area contributed by atoms with Crippen molar-refractivity contribution in [2.24, 2.45) is 0 Å². The van der Waals surface area contributed by atoms with Crippen LogP contribution in [0.5, 0.6) is 5.75 Å². The van der Waals surface area contributed by atoms with Crippen LogP contribution in [-0.2, 0) is 4.79 Å². The molecule has 0 saturated heterocycles. The molecule has 0 radical (unpaired) electrons. The summed E-state index contributed by atoms with van der Waals surface area (Å²) in [5.41, 5.74) is 7.45. The normalized spacial score (nSPS) is 10.2. The number of hydrogen-bond acceptors (Lipinski definition) is 4. The third-order valence-corrected chi connectivity index (χ3v) is 3.18. The Hall–Kier alpha value is -2.40. The van der Waals surface area contributed by atoms with Crippen LogP contribution in [0.4, 0.5) is 17.1 Å². The molecule has 4 N–H and O–H groups in total. The van der Waals surface area contributed by atoms with E-state index in [1.807, 2.05) is 0 Å². The smallest absolute Gasteiger partial charge is 0.243 e. The second-order valence-electron chi connectivity index (χ2n) is 4.66. The lowest BCUT2D eigenvalue weighted by atomic mass is 10.2. The van der Waals surface area contributed by atoms with E-state index in [9.17, 15) is 9.90 Å². The summed E-state index contributed by atoms with van der Waals surface area (Å²) in [6.45, 7) is 0.120. The lowest BCUT2D eigenvalue weighted by Gasteiger charge is -2.19. The first-order chi connectivity index (χ1) is 9.95. The predicted molar refractivity (Wildman–Crippen MR) is 85.9 cm³/mol. The van der Waals surface area contributed by atoms with Crippen LogP contribution >= 0.6 is 11.6 Å². The van der Waals surface area contributed by atoms with Crippen molar-refractivity contribution in [1.29, 1.82) is 0 Å². The summed E-state index contributed by atoms with van der Waals surface area (Å²) in [5, 5.41) is 12.7. The first-order valence-corrected chi connectivity index (χ1v) is 6.68. The number of nitrogens with zero attached hydrogens (tertiary/aromatic N) is 1. The summed E-state index contributed by atoms with van der Waals surface area (Å²) >= 11 is 5.87. The highest BCUT2D eigenvalue weighted by Gasteiger charge is 2.10. The minimum absolute atomic E-state index is 0.120. The lowest BCUT2D eigenvalue weighted by Crippen LogP contribution is -2.30. The largest absolute Gasteiger partial charge is 0.508 e. The Kier molecular flexibility index (Phi) is 4.55. The number of likely N-dealkylation sites (N-methyl/N-ethyl adjacent to an activating group) is 1. The van der Waals surface area contributed by atoms with Crippen molar-refractivity contribution in [2.75, 3.05) is 29.5 Å². The fourth-order valence-electron chi connectivity index (χ4n) is 1.86. The van der Waals surface area contributed by atoms with Gasteiger partial charge in [-0.2, -0.15) is 0 Å². The number of carbonyl (C=O) groups excluding carboxylic acids is 1. The fourth-order valence-corrected chi connectivity index (χ4v) is 2.04. The number of rotatable bonds is 4. The second kappa shape index (κ2) is 6.37. The van der Waals surface area contributed by atoms with Crippen molar-refractivity contribution in [2.45, 2.75) is 0 Å². The van der Waals surface area contributed by atoms with Gasteiger partial charge < -0.3 is 21.1 Å².